The lowest BCUT2D eigenvalue weighted by Gasteiger charge is -2.11. The summed E-state index contributed by atoms with van der Waals surface area (Å²) in [7, 11) is 0. The average molecular weight is 540 g/mol. The molecule has 2 rings (SSSR count). The van der Waals surface area contributed by atoms with Crippen LogP contribution in [-0.2, 0) is 9.59 Å². The molecule has 0 unspecified atom stereocenters. The first-order valence-corrected chi connectivity index (χ1v) is 10.5. The molecular formula is C22H20Br2O6. The minimum Gasteiger partial charge on any atom is -0.492 e. The van der Waals surface area contributed by atoms with E-state index in [9.17, 15) is 9.59 Å². The molecule has 0 spiro atoms. The van der Waals surface area contributed by atoms with Crippen LogP contribution in [0.25, 0.3) is 0 Å². The number of esters is 2. The van der Waals surface area contributed by atoms with Gasteiger partial charge in [-0.15, -0.1) is 0 Å². The molecule has 0 aliphatic rings. The van der Waals surface area contributed by atoms with Gasteiger partial charge < -0.3 is 18.9 Å². The van der Waals surface area contributed by atoms with Crippen LogP contribution in [0.2, 0.25) is 0 Å². The smallest absolute Gasteiger partial charge is 0.335 e. The molecule has 8 heteroatoms. The highest BCUT2D eigenvalue weighted by Gasteiger charge is 2.07. The lowest BCUT2D eigenvalue weighted by molar-refractivity contribution is -0.129. The number of unbranched alkanes of at least 4 members (excludes halogenated alkanes) is 1. The first-order valence-electron chi connectivity index (χ1n) is 8.96. The molecule has 2 aromatic rings. The van der Waals surface area contributed by atoms with E-state index in [4.69, 9.17) is 18.9 Å². The number of benzene rings is 2. The Bertz CT molecular complexity index is 850. The molecule has 6 nitrogen and oxygen atoms in total. The van der Waals surface area contributed by atoms with Crippen LogP contribution < -0.4 is 18.9 Å². The summed E-state index contributed by atoms with van der Waals surface area (Å²) >= 11 is 6.79. The molecule has 0 radical (unpaired) electrons. The van der Waals surface area contributed by atoms with Gasteiger partial charge in [0.15, 0.2) is 0 Å². The van der Waals surface area contributed by atoms with E-state index in [-0.39, 0.29) is 0 Å². The van der Waals surface area contributed by atoms with E-state index in [0.717, 1.165) is 25.0 Å². The fourth-order valence-corrected chi connectivity index (χ4v) is 3.15. The van der Waals surface area contributed by atoms with Gasteiger partial charge in [-0.1, -0.05) is 13.2 Å². The van der Waals surface area contributed by atoms with Crippen molar-refractivity contribution in [1.82, 2.24) is 0 Å². The summed E-state index contributed by atoms with van der Waals surface area (Å²) in [5, 5.41) is 0. The van der Waals surface area contributed by atoms with Crippen LogP contribution in [0.5, 0.6) is 23.0 Å². The molecule has 0 aliphatic carbocycles. The highest BCUT2D eigenvalue weighted by Crippen LogP contribution is 2.30. The van der Waals surface area contributed by atoms with Crippen molar-refractivity contribution >= 4 is 43.8 Å². The normalized spacial score (nSPS) is 10.1. The lowest BCUT2D eigenvalue weighted by atomic mass is 10.3. The second-order valence-electron chi connectivity index (χ2n) is 5.84. The molecule has 158 valence electrons. The Morgan fingerprint density at radius 1 is 0.767 bits per heavy atom. The maximum absolute atomic E-state index is 11.2. The second kappa shape index (κ2) is 12.2. The van der Waals surface area contributed by atoms with Crippen LogP contribution in [0.3, 0.4) is 0 Å². The largest absolute Gasteiger partial charge is 0.492 e. The molecule has 0 N–H and O–H groups in total. The van der Waals surface area contributed by atoms with Gasteiger partial charge in [0.05, 0.1) is 22.2 Å². The lowest BCUT2D eigenvalue weighted by Crippen LogP contribution is -2.05. The van der Waals surface area contributed by atoms with Gasteiger partial charge >= 0.3 is 11.9 Å². The number of hydrogen-bond acceptors (Lipinski definition) is 6. The van der Waals surface area contributed by atoms with Crippen molar-refractivity contribution in [1.29, 1.82) is 0 Å². The summed E-state index contributed by atoms with van der Waals surface area (Å²) in [4.78, 5) is 22.4. The van der Waals surface area contributed by atoms with Crippen LogP contribution in [-0.4, -0.2) is 25.2 Å². The van der Waals surface area contributed by atoms with Gasteiger partial charge in [0, 0.05) is 12.2 Å². The first-order chi connectivity index (χ1) is 14.4. The molecule has 0 aromatic heterocycles. The molecule has 0 saturated carbocycles. The third-order valence-corrected chi connectivity index (χ3v) is 4.87. The van der Waals surface area contributed by atoms with Crippen molar-refractivity contribution in [3.8, 4) is 23.0 Å². The monoisotopic (exact) mass is 538 g/mol. The number of ether oxygens (including phenoxy) is 4. The van der Waals surface area contributed by atoms with Gasteiger partial charge in [-0.3, -0.25) is 0 Å². The second-order valence-corrected chi connectivity index (χ2v) is 7.55. The molecular weight excluding hydrogens is 520 g/mol. The van der Waals surface area contributed by atoms with Crippen LogP contribution in [0.4, 0.5) is 0 Å². The predicted octanol–water partition coefficient (Wildman–Crippen LogP) is 5.63. The molecule has 0 heterocycles. The minimum atomic E-state index is -0.519. The van der Waals surface area contributed by atoms with Crippen LogP contribution in [0, 0.1) is 0 Å². The van der Waals surface area contributed by atoms with Crippen molar-refractivity contribution in [2.24, 2.45) is 0 Å². The van der Waals surface area contributed by atoms with Crippen LogP contribution >= 0.6 is 31.9 Å². The summed E-state index contributed by atoms with van der Waals surface area (Å²) in [5.41, 5.74) is 0. The van der Waals surface area contributed by atoms with E-state index in [1.807, 2.05) is 0 Å². The van der Waals surface area contributed by atoms with E-state index < -0.39 is 11.9 Å². The van der Waals surface area contributed by atoms with Crippen molar-refractivity contribution in [3.05, 3.63) is 70.7 Å². The predicted molar refractivity (Wildman–Crippen MR) is 120 cm³/mol. The summed E-state index contributed by atoms with van der Waals surface area (Å²) in [6.45, 7) is 7.73. The van der Waals surface area contributed by atoms with E-state index in [1.165, 1.54) is 0 Å². The Labute approximate surface area is 191 Å². The Kier molecular flexibility index (Phi) is 9.63. The Hall–Kier alpha value is -2.58. The Morgan fingerprint density at radius 2 is 1.17 bits per heavy atom. The summed E-state index contributed by atoms with van der Waals surface area (Å²) in [5.74, 6) is 1.08. The maximum Gasteiger partial charge on any atom is 0.335 e. The topological polar surface area (TPSA) is 71.1 Å². The fraction of sp³-hybridized carbons (Fsp3) is 0.182. The highest BCUT2D eigenvalue weighted by atomic mass is 79.9. The average Bonchev–Trinajstić information content (AvgIpc) is 2.73. The van der Waals surface area contributed by atoms with E-state index in [1.54, 1.807) is 36.4 Å². The minimum absolute atomic E-state index is 0.406. The highest BCUT2D eigenvalue weighted by molar-refractivity contribution is 9.10. The van der Waals surface area contributed by atoms with Gasteiger partial charge in [0.2, 0.25) is 0 Å². The summed E-state index contributed by atoms with van der Waals surface area (Å²) in [6, 6.07) is 10.1. The zero-order chi connectivity index (χ0) is 21.9. The zero-order valence-electron chi connectivity index (χ0n) is 16.1. The molecule has 30 heavy (non-hydrogen) atoms. The van der Waals surface area contributed by atoms with Gasteiger partial charge in [-0.05, 0) is 81.1 Å². The fourth-order valence-electron chi connectivity index (χ4n) is 2.21. The number of hydrogen-bond donors (Lipinski definition) is 0. The molecule has 0 saturated heterocycles. The standard InChI is InChI=1S/C22H20Br2O6/c1-3-21(25)29-15-7-9-19(17(23)13-15)27-11-5-6-12-28-20-10-8-16(14-18(20)24)30-22(26)4-2/h3-4,7-10,13-14H,1-2,5-6,11-12H2. The summed E-state index contributed by atoms with van der Waals surface area (Å²) < 4.78 is 22.9. The van der Waals surface area contributed by atoms with E-state index in [0.29, 0.717) is 45.2 Å². The molecule has 0 atom stereocenters. The number of carbonyl (C=O) groups excluding carboxylic acids is 2. The van der Waals surface area contributed by atoms with Crippen molar-refractivity contribution in [2.45, 2.75) is 12.8 Å². The summed E-state index contributed by atoms with van der Waals surface area (Å²) in [6.07, 6.45) is 3.77. The van der Waals surface area contributed by atoms with Crippen molar-refractivity contribution in [3.63, 3.8) is 0 Å². The van der Waals surface area contributed by atoms with Gasteiger partial charge in [0.25, 0.3) is 0 Å². The number of rotatable bonds is 11. The number of halogens is 2. The van der Waals surface area contributed by atoms with Crippen molar-refractivity contribution in [2.75, 3.05) is 13.2 Å². The molecule has 0 aliphatic heterocycles. The van der Waals surface area contributed by atoms with Gasteiger partial charge in [-0.2, -0.15) is 0 Å². The molecule has 0 fully saturated rings. The quantitative estimate of drug-likeness (QED) is 0.159. The van der Waals surface area contributed by atoms with Crippen molar-refractivity contribution < 1.29 is 28.5 Å². The SMILES string of the molecule is C=CC(=O)Oc1ccc(OCCCCOc2ccc(OC(=O)C=C)cc2Br)c(Br)c1. The van der Waals surface area contributed by atoms with E-state index in [2.05, 4.69) is 45.0 Å². The first kappa shape index (κ1) is 23.7. The van der Waals surface area contributed by atoms with Gasteiger partial charge in [-0.25, -0.2) is 9.59 Å². The third-order valence-electron chi connectivity index (χ3n) is 3.63. The maximum atomic E-state index is 11.2. The van der Waals surface area contributed by atoms with E-state index >= 15 is 0 Å². The van der Waals surface area contributed by atoms with Gasteiger partial charge in [0.1, 0.15) is 23.0 Å². The number of carbonyl (C=O) groups is 2. The molecule has 2 aromatic carbocycles. The third kappa shape index (κ3) is 7.68. The Balaban J connectivity index is 1.72. The van der Waals surface area contributed by atoms with Crippen LogP contribution in [0.1, 0.15) is 12.8 Å². The zero-order valence-corrected chi connectivity index (χ0v) is 19.2. The molecule has 0 amide bonds. The van der Waals surface area contributed by atoms with Crippen LogP contribution in [0.15, 0.2) is 70.7 Å². The Morgan fingerprint density at radius 3 is 1.50 bits per heavy atom. The molecule has 0 bridgehead atoms.